The molecule has 1 aliphatic carbocycles. The van der Waals surface area contributed by atoms with Crippen LogP contribution in [0.2, 0.25) is 0 Å². The molecule has 1 aromatic rings. The Bertz CT molecular complexity index is 496. The molecule has 0 radical (unpaired) electrons. The molecule has 1 fully saturated rings. The summed E-state index contributed by atoms with van der Waals surface area (Å²) in [6, 6.07) is 7.12. The minimum absolute atomic E-state index is 0.00417. The van der Waals surface area contributed by atoms with E-state index in [2.05, 4.69) is 10.6 Å². The van der Waals surface area contributed by atoms with Gasteiger partial charge in [-0.1, -0.05) is 25.3 Å². The van der Waals surface area contributed by atoms with E-state index in [0.717, 1.165) is 25.7 Å². The number of anilines is 1. The zero-order chi connectivity index (χ0) is 15.1. The summed E-state index contributed by atoms with van der Waals surface area (Å²) >= 11 is 0. The van der Waals surface area contributed by atoms with Crippen molar-refractivity contribution in [2.45, 2.75) is 32.1 Å². The van der Waals surface area contributed by atoms with Crippen LogP contribution in [-0.2, 0) is 9.59 Å². The van der Waals surface area contributed by atoms with Crippen LogP contribution in [0.4, 0.5) is 5.69 Å². The standard InChI is InChI=1S/C16H22N2O3/c1-21-14-9-5-8-13(10-14)18-15(19)11-17-16(20)12-6-3-2-4-7-12/h5,8-10,12H,2-4,6-7,11H2,1H3,(H,17,20)(H,18,19). The molecule has 2 rings (SSSR count). The Balaban J connectivity index is 1.77. The van der Waals surface area contributed by atoms with Gasteiger partial charge in [0, 0.05) is 17.7 Å². The molecule has 2 N–H and O–H groups in total. The first-order chi connectivity index (χ1) is 10.2. The largest absolute Gasteiger partial charge is 0.497 e. The van der Waals surface area contributed by atoms with Crippen LogP contribution in [0.1, 0.15) is 32.1 Å². The third-order valence-corrected chi connectivity index (χ3v) is 3.75. The fourth-order valence-corrected chi connectivity index (χ4v) is 2.58. The highest BCUT2D eigenvalue weighted by molar-refractivity contribution is 5.94. The number of hydrogen-bond acceptors (Lipinski definition) is 3. The van der Waals surface area contributed by atoms with Gasteiger partial charge in [-0.05, 0) is 25.0 Å². The number of methoxy groups -OCH3 is 1. The zero-order valence-corrected chi connectivity index (χ0v) is 12.4. The minimum atomic E-state index is -0.229. The van der Waals surface area contributed by atoms with Crippen LogP contribution in [0, 0.1) is 5.92 Å². The van der Waals surface area contributed by atoms with Crippen LogP contribution >= 0.6 is 0 Å². The van der Waals surface area contributed by atoms with Gasteiger partial charge >= 0.3 is 0 Å². The predicted molar refractivity (Wildman–Crippen MR) is 81.2 cm³/mol. The molecule has 0 unspecified atom stereocenters. The Morgan fingerprint density at radius 2 is 2.00 bits per heavy atom. The Morgan fingerprint density at radius 1 is 1.24 bits per heavy atom. The van der Waals surface area contributed by atoms with E-state index < -0.39 is 0 Å². The molecule has 21 heavy (non-hydrogen) atoms. The molecule has 5 heteroatoms. The number of hydrogen-bond donors (Lipinski definition) is 2. The molecule has 1 saturated carbocycles. The normalized spacial score (nSPS) is 15.3. The quantitative estimate of drug-likeness (QED) is 0.874. The third-order valence-electron chi connectivity index (χ3n) is 3.75. The van der Waals surface area contributed by atoms with Gasteiger partial charge in [-0.25, -0.2) is 0 Å². The van der Waals surface area contributed by atoms with Crippen LogP contribution in [0.25, 0.3) is 0 Å². The van der Waals surface area contributed by atoms with Crippen molar-refractivity contribution < 1.29 is 14.3 Å². The molecule has 1 aromatic carbocycles. The topological polar surface area (TPSA) is 67.4 Å². The van der Waals surface area contributed by atoms with E-state index in [1.807, 2.05) is 0 Å². The van der Waals surface area contributed by atoms with Gasteiger partial charge in [0.2, 0.25) is 11.8 Å². The second-order valence-corrected chi connectivity index (χ2v) is 5.33. The van der Waals surface area contributed by atoms with Gasteiger partial charge < -0.3 is 15.4 Å². The lowest BCUT2D eigenvalue weighted by atomic mass is 9.89. The average Bonchev–Trinajstić information content (AvgIpc) is 2.53. The maximum absolute atomic E-state index is 11.9. The van der Waals surface area contributed by atoms with Crippen molar-refractivity contribution in [3.05, 3.63) is 24.3 Å². The summed E-state index contributed by atoms with van der Waals surface area (Å²) in [6.45, 7) is 0.00649. The van der Waals surface area contributed by atoms with Gasteiger partial charge in [0.1, 0.15) is 5.75 Å². The van der Waals surface area contributed by atoms with Crippen LogP contribution in [0.5, 0.6) is 5.75 Å². The summed E-state index contributed by atoms with van der Waals surface area (Å²) < 4.78 is 5.09. The molecule has 114 valence electrons. The van der Waals surface area contributed by atoms with E-state index in [0.29, 0.717) is 11.4 Å². The second-order valence-electron chi connectivity index (χ2n) is 5.33. The van der Waals surface area contributed by atoms with Crippen LogP contribution in [0.15, 0.2) is 24.3 Å². The number of rotatable bonds is 5. The van der Waals surface area contributed by atoms with Crippen molar-refractivity contribution in [1.82, 2.24) is 5.32 Å². The van der Waals surface area contributed by atoms with Crippen molar-refractivity contribution >= 4 is 17.5 Å². The molecule has 0 saturated heterocycles. The summed E-state index contributed by atoms with van der Waals surface area (Å²) in [5.41, 5.74) is 0.659. The van der Waals surface area contributed by atoms with Crippen LogP contribution in [0.3, 0.4) is 0 Å². The van der Waals surface area contributed by atoms with Crippen molar-refractivity contribution in [3.8, 4) is 5.75 Å². The average molecular weight is 290 g/mol. The molecule has 0 heterocycles. The molecule has 5 nitrogen and oxygen atoms in total. The molecule has 0 atom stereocenters. The van der Waals surface area contributed by atoms with Gasteiger partial charge in [0.25, 0.3) is 0 Å². The highest BCUT2D eigenvalue weighted by Crippen LogP contribution is 2.23. The second kappa shape index (κ2) is 7.67. The fraction of sp³-hybridized carbons (Fsp3) is 0.500. The minimum Gasteiger partial charge on any atom is -0.497 e. The van der Waals surface area contributed by atoms with E-state index in [9.17, 15) is 9.59 Å². The van der Waals surface area contributed by atoms with Crippen molar-refractivity contribution in [1.29, 1.82) is 0 Å². The maximum Gasteiger partial charge on any atom is 0.243 e. The molecular formula is C16H22N2O3. The van der Waals surface area contributed by atoms with Crippen LogP contribution < -0.4 is 15.4 Å². The zero-order valence-electron chi connectivity index (χ0n) is 12.4. The van der Waals surface area contributed by atoms with E-state index in [1.54, 1.807) is 31.4 Å². The Hall–Kier alpha value is -2.04. The van der Waals surface area contributed by atoms with Gasteiger partial charge in [-0.3, -0.25) is 9.59 Å². The fourth-order valence-electron chi connectivity index (χ4n) is 2.58. The lowest BCUT2D eigenvalue weighted by Crippen LogP contribution is -2.37. The summed E-state index contributed by atoms with van der Waals surface area (Å²) in [6.07, 6.45) is 5.29. The molecule has 0 aliphatic heterocycles. The number of benzene rings is 1. The third kappa shape index (κ3) is 4.77. The highest BCUT2D eigenvalue weighted by atomic mass is 16.5. The van der Waals surface area contributed by atoms with Gasteiger partial charge in [-0.2, -0.15) is 0 Å². The summed E-state index contributed by atoms with van der Waals surface area (Å²) in [7, 11) is 1.57. The predicted octanol–water partition coefficient (Wildman–Crippen LogP) is 2.33. The first-order valence-electron chi connectivity index (χ1n) is 7.40. The van der Waals surface area contributed by atoms with E-state index in [4.69, 9.17) is 4.74 Å². The number of carbonyl (C=O) groups is 2. The lowest BCUT2D eigenvalue weighted by molar-refractivity contribution is -0.128. The molecule has 1 aliphatic rings. The lowest BCUT2D eigenvalue weighted by Gasteiger charge is -2.20. The highest BCUT2D eigenvalue weighted by Gasteiger charge is 2.21. The van der Waals surface area contributed by atoms with E-state index in [-0.39, 0.29) is 24.3 Å². The summed E-state index contributed by atoms with van der Waals surface area (Å²) in [5.74, 6) is 0.519. The van der Waals surface area contributed by atoms with E-state index in [1.165, 1.54) is 6.42 Å². The summed E-state index contributed by atoms with van der Waals surface area (Å²) in [4.78, 5) is 23.8. The summed E-state index contributed by atoms with van der Waals surface area (Å²) in [5, 5.41) is 5.46. The number of amides is 2. The van der Waals surface area contributed by atoms with Crippen LogP contribution in [-0.4, -0.2) is 25.5 Å². The number of nitrogens with one attached hydrogen (secondary N) is 2. The van der Waals surface area contributed by atoms with Crippen molar-refractivity contribution in [3.63, 3.8) is 0 Å². The molecule has 2 amide bonds. The maximum atomic E-state index is 11.9. The number of ether oxygens (including phenoxy) is 1. The first kappa shape index (κ1) is 15.4. The molecule has 0 spiro atoms. The van der Waals surface area contributed by atoms with Gasteiger partial charge in [-0.15, -0.1) is 0 Å². The molecule has 0 bridgehead atoms. The monoisotopic (exact) mass is 290 g/mol. The van der Waals surface area contributed by atoms with Gasteiger partial charge in [0.15, 0.2) is 0 Å². The Kier molecular flexibility index (Phi) is 5.60. The van der Waals surface area contributed by atoms with Crippen molar-refractivity contribution in [2.75, 3.05) is 19.0 Å². The smallest absolute Gasteiger partial charge is 0.243 e. The van der Waals surface area contributed by atoms with E-state index >= 15 is 0 Å². The first-order valence-corrected chi connectivity index (χ1v) is 7.40. The molecular weight excluding hydrogens is 268 g/mol. The van der Waals surface area contributed by atoms with Crippen molar-refractivity contribution in [2.24, 2.45) is 5.92 Å². The SMILES string of the molecule is COc1cccc(NC(=O)CNC(=O)C2CCCCC2)c1. The number of carbonyl (C=O) groups excluding carboxylic acids is 2. The Labute approximate surface area is 125 Å². The molecule has 0 aromatic heterocycles. The Morgan fingerprint density at radius 3 is 2.71 bits per heavy atom. The van der Waals surface area contributed by atoms with Gasteiger partial charge in [0.05, 0.1) is 13.7 Å².